The average molecular weight is 339 g/mol. The number of carbonyl (C=O) groups excluding carboxylic acids is 2. The number of carboxylic acids is 1. The standard InChI is InChI=1S/C11H9BrF3NO3/c12-7-3-1-6(2-4-7)8(5-9(17)18)16-10(19)11(13,14)15/h1-4,8H,5H2,(H,16,19)(H,17,18)/p-1/t8-/m1/s1. The Hall–Kier alpha value is -1.57. The lowest BCUT2D eigenvalue weighted by Gasteiger charge is -2.20. The molecule has 0 spiro atoms. The number of carboxylic acid groups (broad SMARTS) is 1. The van der Waals surface area contributed by atoms with Gasteiger partial charge in [-0.1, -0.05) is 28.1 Å². The van der Waals surface area contributed by atoms with Gasteiger partial charge >= 0.3 is 12.1 Å². The van der Waals surface area contributed by atoms with Crippen LogP contribution in [-0.2, 0) is 9.59 Å². The van der Waals surface area contributed by atoms with Crippen LogP contribution in [0.2, 0.25) is 0 Å². The topological polar surface area (TPSA) is 69.2 Å². The second kappa shape index (κ2) is 6.05. The third-order valence-electron chi connectivity index (χ3n) is 2.21. The van der Waals surface area contributed by atoms with Crippen molar-refractivity contribution >= 4 is 27.8 Å². The van der Waals surface area contributed by atoms with Gasteiger partial charge in [0.25, 0.3) is 0 Å². The van der Waals surface area contributed by atoms with Gasteiger partial charge in [-0.2, -0.15) is 13.2 Å². The third kappa shape index (κ3) is 4.90. The molecule has 0 aromatic heterocycles. The van der Waals surface area contributed by atoms with Gasteiger partial charge in [-0.05, 0) is 17.7 Å². The van der Waals surface area contributed by atoms with Crippen molar-refractivity contribution in [1.29, 1.82) is 0 Å². The van der Waals surface area contributed by atoms with E-state index in [4.69, 9.17) is 0 Å². The molecule has 1 aromatic rings. The van der Waals surface area contributed by atoms with Crippen LogP contribution in [0.4, 0.5) is 13.2 Å². The molecule has 19 heavy (non-hydrogen) atoms. The van der Waals surface area contributed by atoms with Crippen molar-refractivity contribution < 1.29 is 27.9 Å². The van der Waals surface area contributed by atoms with Crippen LogP contribution in [0.5, 0.6) is 0 Å². The molecule has 0 bridgehead atoms. The Balaban J connectivity index is 2.92. The molecule has 0 saturated carbocycles. The second-order valence-electron chi connectivity index (χ2n) is 3.65. The molecular formula is C11H8BrF3NO3-. The molecule has 1 rings (SSSR count). The van der Waals surface area contributed by atoms with E-state index >= 15 is 0 Å². The predicted molar refractivity (Wildman–Crippen MR) is 60.7 cm³/mol. The molecule has 0 aliphatic carbocycles. The number of amides is 1. The highest BCUT2D eigenvalue weighted by Crippen LogP contribution is 2.22. The molecule has 0 fully saturated rings. The van der Waals surface area contributed by atoms with Gasteiger partial charge < -0.3 is 15.2 Å². The summed E-state index contributed by atoms with van der Waals surface area (Å²) in [6, 6.07) is 4.57. The van der Waals surface area contributed by atoms with Gasteiger partial charge in [0.2, 0.25) is 0 Å². The fourth-order valence-corrected chi connectivity index (χ4v) is 1.62. The number of hydrogen-bond donors (Lipinski definition) is 1. The van der Waals surface area contributed by atoms with E-state index in [0.29, 0.717) is 4.47 Å². The maximum absolute atomic E-state index is 12.1. The molecule has 1 N–H and O–H groups in total. The first kappa shape index (κ1) is 15.5. The minimum atomic E-state index is -5.07. The smallest absolute Gasteiger partial charge is 0.471 e. The highest BCUT2D eigenvalue weighted by atomic mass is 79.9. The largest absolute Gasteiger partial charge is 0.550 e. The van der Waals surface area contributed by atoms with Crippen LogP contribution in [-0.4, -0.2) is 18.1 Å². The summed E-state index contributed by atoms with van der Waals surface area (Å²) in [5.41, 5.74) is 0.241. The Morgan fingerprint density at radius 2 is 1.79 bits per heavy atom. The molecule has 104 valence electrons. The number of carbonyl (C=O) groups is 2. The number of nitrogens with one attached hydrogen (secondary N) is 1. The monoisotopic (exact) mass is 338 g/mol. The van der Waals surface area contributed by atoms with E-state index < -0.39 is 30.5 Å². The van der Waals surface area contributed by atoms with Crippen LogP contribution >= 0.6 is 15.9 Å². The molecule has 0 saturated heterocycles. The van der Waals surface area contributed by atoms with Crippen LogP contribution in [0.15, 0.2) is 28.7 Å². The van der Waals surface area contributed by atoms with E-state index in [0.717, 1.165) is 0 Å². The number of alkyl halides is 3. The molecule has 8 heteroatoms. The van der Waals surface area contributed by atoms with Crippen LogP contribution in [0.1, 0.15) is 18.0 Å². The molecule has 0 radical (unpaired) electrons. The molecule has 1 atom stereocenters. The van der Waals surface area contributed by atoms with E-state index in [9.17, 15) is 27.9 Å². The Bertz CT molecular complexity index is 473. The van der Waals surface area contributed by atoms with Crippen molar-refractivity contribution in [2.24, 2.45) is 0 Å². The molecule has 1 amide bonds. The van der Waals surface area contributed by atoms with Crippen LogP contribution in [0, 0.1) is 0 Å². The molecule has 0 heterocycles. The minimum Gasteiger partial charge on any atom is -0.550 e. The van der Waals surface area contributed by atoms with Gasteiger partial charge in [-0.3, -0.25) is 4.79 Å². The zero-order valence-electron chi connectivity index (χ0n) is 9.33. The normalized spacial score (nSPS) is 12.8. The highest BCUT2D eigenvalue weighted by molar-refractivity contribution is 9.10. The van der Waals surface area contributed by atoms with E-state index in [1.165, 1.54) is 24.3 Å². The Morgan fingerprint density at radius 1 is 1.26 bits per heavy atom. The summed E-state index contributed by atoms with van der Waals surface area (Å²) in [6.07, 6.45) is -5.82. The SMILES string of the molecule is O=C([O-])C[C@@H](NC(=O)C(F)(F)F)c1ccc(Br)cc1. The fraction of sp³-hybridized carbons (Fsp3) is 0.273. The van der Waals surface area contributed by atoms with Crippen molar-refractivity contribution in [3.63, 3.8) is 0 Å². The third-order valence-corrected chi connectivity index (χ3v) is 2.73. The van der Waals surface area contributed by atoms with Gasteiger partial charge in [-0.15, -0.1) is 0 Å². The molecule has 0 aliphatic rings. The van der Waals surface area contributed by atoms with E-state index in [-0.39, 0.29) is 5.56 Å². The lowest BCUT2D eigenvalue weighted by Crippen LogP contribution is -2.41. The maximum atomic E-state index is 12.1. The number of benzene rings is 1. The van der Waals surface area contributed by atoms with Crippen LogP contribution in [0.3, 0.4) is 0 Å². The molecule has 0 unspecified atom stereocenters. The first-order valence-electron chi connectivity index (χ1n) is 5.03. The van der Waals surface area contributed by atoms with E-state index in [1.807, 2.05) is 0 Å². The number of halogens is 4. The first-order chi connectivity index (χ1) is 8.70. The van der Waals surface area contributed by atoms with Gasteiger partial charge in [0.15, 0.2) is 0 Å². The van der Waals surface area contributed by atoms with Gasteiger partial charge in [0, 0.05) is 16.9 Å². The molecular weight excluding hydrogens is 331 g/mol. The van der Waals surface area contributed by atoms with Crippen molar-refractivity contribution in [2.75, 3.05) is 0 Å². The summed E-state index contributed by atoms with van der Waals surface area (Å²) in [7, 11) is 0. The first-order valence-corrected chi connectivity index (χ1v) is 5.82. The summed E-state index contributed by atoms with van der Waals surface area (Å²) in [5, 5.41) is 12.2. The zero-order chi connectivity index (χ0) is 14.6. The Kier molecular flexibility index (Phi) is 4.93. The zero-order valence-corrected chi connectivity index (χ0v) is 10.9. The lowest BCUT2D eigenvalue weighted by molar-refractivity contribution is -0.306. The van der Waals surface area contributed by atoms with Crippen LogP contribution < -0.4 is 10.4 Å². The van der Waals surface area contributed by atoms with Gasteiger partial charge in [0.1, 0.15) is 0 Å². The van der Waals surface area contributed by atoms with Crippen molar-refractivity contribution in [1.82, 2.24) is 5.32 Å². The summed E-state index contributed by atoms with van der Waals surface area (Å²) >= 11 is 3.13. The van der Waals surface area contributed by atoms with Gasteiger partial charge in [0.05, 0.1) is 6.04 Å². The predicted octanol–water partition coefficient (Wildman–Crippen LogP) is 1.31. The van der Waals surface area contributed by atoms with Gasteiger partial charge in [-0.25, -0.2) is 0 Å². The van der Waals surface area contributed by atoms with Crippen LogP contribution in [0.25, 0.3) is 0 Å². The summed E-state index contributed by atoms with van der Waals surface area (Å²) in [5.74, 6) is -3.75. The molecule has 4 nitrogen and oxygen atoms in total. The number of aliphatic carboxylic acids is 1. The molecule has 0 aliphatic heterocycles. The Morgan fingerprint density at radius 3 is 2.21 bits per heavy atom. The summed E-state index contributed by atoms with van der Waals surface area (Å²) in [6.45, 7) is 0. The summed E-state index contributed by atoms with van der Waals surface area (Å²) in [4.78, 5) is 21.4. The maximum Gasteiger partial charge on any atom is 0.471 e. The summed E-state index contributed by atoms with van der Waals surface area (Å²) < 4.78 is 37.1. The highest BCUT2D eigenvalue weighted by Gasteiger charge is 2.39. The second-order valence-corrected chi connectivity index (χ2v) is 4.57. The lowest BCUT2D eigenvalue weighted by atomic mass is 10.0. The minimum absolute atomic E-state index is 0.241. The van der Waals surface area contributed by atoms with E-state index in [1.54, 1.807) is 5.32 Å². The Labute approximate surface area is 114 Å². The number of hydrogen-bond acceptors (Lipinski definition) is 3. The van der Waals surface area contributed by atoms with Crippen molar-refractivity contribution in [3.05, 3.63) is 34.3 Å². The molecule has 1 aromatic carbocycles. The quantitative estimate of drug-likeness (QED) is 0.899. The van der Waals surface area contributed by atoms with Crippen molar-refractivity contribution in [3.8, 4) is 0 Å². The number of rotatable bonds is 4. The average Bonchev–Trinajstić information content (AvgIpc) is 2.27. The fourth-order valence-electron chi connectivity index (χ4n) is 1.35. The van der Waals surface area contributed by atoms with E-state index in [2.05, 4.69) is 15.9 Å². The van der Waals surface area contributed by atoms with Crippen molar-refractivity contribution in [2.45, 2.75) is 18.6 Å².